The summed E-state index contributed by atoms with van der Waals surface area (Å²) in [5, 5.41) is 2.64. The van der Waals surface area contributed by atoms with Crippen LogP contribution >= 0.6 is 0 Å². The van der Waals surface area contributed by atoms with E-state index in [1.54, 1.807) is 19.9 Å². The predicted molar refractivity (Wildman–Crippen MR) is 148 cm³/mol. The van der Waals surface area contributed by atoms with Crippen LogP contribution < -0.4 is 15.8 Å². The summed E-state index contributed by atoms with van der Waals surface area (Å²) in [5.41, 5.74) is 4.26. The number of sulfonamides is 2. The first-order chi connectivity index (χ1) is 18.6. The van der Waals surface area contributed by atoms with Crippen LogP contribution in [0.3, 0.4) is 0 Å². The first-order valence-corrected chi connectivity index (χ1v) is 15.6. The molecule has 0 aliphatic carbocycles. The van der Waals surface area contributed by atoms with Crippen LogP contribution in [0.15, 0.2) is 41.5 Å². The summed E-state index contributed by atoms with van der Waals surface area (Å²) in [6.07, 6.45) is 1.23. The molecule has 1 saturated heterocycles. The lowest BCUT2D eigenvalue weighted by atomic mass is 9.78. The minimum Gasteiger partial charge on any atom is -0.495 e. The van der Waals surface area contributed by atoms with Crippen LogP contribution in [-0.4, -0.2) is 80.0 Å². The number of rotatable bonds is 7. The Morgan fingerprint density at radius 3 is 2.58 bits per heavy atom. The van der Waals surface area contributed by atoms with Crippen molar-refractivity contribution in [2.24, 2.45) is 16.6 Å². The van der Waals surface area contributed by atoms with Crippen molar-refractivity contribution in [3.8, 4) is 5.75 Å². The highest BCUT2D eigenvalue weighted by Crippen LogP contribution is 2.52. The summed E-state index contributed by atoms with van der Waals surface area (Å²) in [7, 11) is -5.45. The van der Waals surface area contributed by atoms with Crippen molar-refractivity contribution in [3.05, 3.63) is 53.6 Å². The van der Waals surface area contributed by atoms with Crippen LogP contribution in [0.2, 0.25) is 0 Å². The maximum Gasteiger partial charge on any atom is 0.274 e. The maximum absolute atomic E-state index is 15.6. The molecule has 2 aliphatic heterocycles. The zero-order valence-electron chi connectivity index (χ0n) is 22.9. The SMILES string of the molecule is COc1ccc(C(=O)Nc2ccc(F)c([C@@]3(C)N=C(N)N(C)S(=O)(=O)[C@]34CCN(S(=O)(=O)CC(C)C)C4)c2)nc1. The molecule has 1 amide bonds. The molecule has 3 heterocycles. The molecule has 12 nitrogen and oxygen atoms in total. The quantitative estimate of drug-likeness (QED) is 0.488. The Morgan fingerprint density at radius 2 is 1.98 bits per heavy atom. The van der Waals surface area contributed by atoms with Gasteiger partial charge in [-0.2, -0.15) is 0 Å². The number of aromatic nitrogens is 1. The second kappa shape index (κ2) is 10.3. The summed E-state index contributed by atoms with van der Waals surface area (Å²) < 4.78 is 74.9. The normalized spacial score (nSPS) is 24.8. The molecule has 1 spiro atoms. The highest BCUT2D eigenvalue weighted by molar-refractivity contribution is 7.91. The number of ether oxygens (including phenoxy) is 1. The lowest BCUT2D eigenvalue weighted by Crippen LogP contribution is -2.66. The molecule has 0 radical (unpaired) electrons. The molecule has 3 N–H and O–H groups in total. The van der Waals surface area contributed by atoms with Gasteiger partial charge in [0, 0.05) is 31.4 Å². The second-order valence-corrected chi connectivity index (χ2v) is 14.8. The molecule has 2 aliphatic rings. The fourth-order valence-electron chi connectivity index (χ4n) is 5.27. The number of nitrogens with two attached hydrogens (primary N) is 1. The Hall–Kier alpha value is -3.30. The molecule has 40 heavy (non-hydrogen) atoms. The number of carbonyl (C=O) groups excluding carboxylic acids is 1. The van der Waals surface area contributed by atoms with Gasteiger partial charge in [-0.25, -0.2) is 39.8 Å². The average molecular weight is 597 g/mol. The summed E-state index contributed by atoms with van der Waals surface area (Å²) in [4.78, 5) is 21.3. The van der Waals surface area contributed by atoms with E-state index >= 15 is 4.39 Å². The zero-order valence-corrected chi connectivity index (χ0v) is 24.5. The lowest BCUT2D eigenvalue weighted by Gasteiger charge is -2.48. The number of nitrogens with zero attached hydrogens (tertiary/aromatic N) is 4. The third-order valence-electron chi connectivity index (χ3n) is 7.49. The summed E-state index contributed by atoms with van der Waals surface area (Å²) in [5.74, 6) is -1.65. The number of amides is 1. The van der Waals surface area contributed by atoms with Gasteiger partial charge < -0.3 is 15.8 Å². The molecule has 0 saturated carbocycles. The van der Waals surface area contributed by atoms with E-state index in [9.17, 15) is 21.6 Å². The maximum atomic E-state index is 15.6. The summed E-state index contributed by atoms with van der Waals surface area (Å²) >= 11 is 0. The summed E-state index contributed by atoms with van der Waals surface area (Å²) in [6, 6.07) is 6.71. The molecule has 2 aromatic rings. The van der Waals surface area contributed by atoms with Crippen LogP contribution in [0.4, 0.5) is 10.1 Å². The Kier molecular flexibility index (Phi) is 7.62. The van der Waals surface area contributed by atoms with Crippen LogP contribution in [0, 0.1) is 11.7 Å². The monoisotopic (exact) mass is 596 g/mol. The number of anilines is 1. The molecule has 2 atom stereocenters. The number of halogens is 1. The van der Waals surface area contributed by atoms with Gasteiger partial charge in [0.1, 0.15) is 27.5 Å². The fourth-order valence-corrected chi connectivity index (χ4v) is 9.33. The Morgan fingerprint density at radius 1 is 1.27 bits per heavy atom. The van der Waals surface area contributed by atoms with Crippen molar-refractivity contribution in [1.82, 2.24) is 13.6 Å². The van der Waals surface area contributed by atoms with E-state index in [0.29, 0.717) is 5.75 Å². The predicted octanol–water partition coefficient (Wildman–Crippen LogP) is 1.72. The third kappa shape index (κ3) is 4.79. The number of methoxy groups -OCH3 is 1. The number of hydrogen-bond donors (Lipinski definition) is 2. The van der Waals surface area contributed by atoms with Gasteiger partial charge in [0.25, 0.3) is 5.91 Å². The molecule has 1 aromatic heterocycles. The van der Waals surface area contributed by atoms with Crippen molar-refractivity contribution in [2.45, 2.75) is 37.5 Å². The van der Waals surface area contributed by atoms with Crippen molar-refractivity contribution in [2.75, 3.05) is 38.3 Å². The lowest BCUT2D eigenvalue weighted by molar-refractivity contribution is 0.102. The summed E-state index contributed by atoms with van der Waals surface area (Å²) in [6.45, 7) is 4.40. The van der Waals surface area contributed by atoms with Gasteiger partial charge in [-0.3, -0.25) is 4.79 Å². The van der Waals surface area contributed by atoms with Gasteiger partial charge in [0.15, 0.2) is 0 Å². The molecule has 218 valence electrons. The minimum atomic E-state index is -4.33. The highest BCUT2D eigenvalue weighted by atomic mass is 32.2. The Bertz CT molecular complexity index is 1560. The van der Waals surface area contributed by atoms with Crippen LogP contribution in [0.5, 0.6) is 5.75 Å². The Labute approximate surface area is 233 Å². The highest BCUT2D eigenvalue weighted by Gasteiger charge is 2.67. The molecule has 1 aromatic carbocycles. The number of carbonyl (C=O) groups is 1. The second-order valence-electron chi connectivity index (χ2n) is 10.5. The van der Waals surface area contributed by atoms with Crippen LogP contribution in [0.25, 0.3) is 0 Å². The molecule has 1 fully saturated rings. The number of benzene rings is 1. The smallest absolute Gasteiger partial charge is 0.274 e. The largest absolute Gasteiger partial charge is 0.495 e. The average Bonchev–Trinajstić information content (AvgIpc) is 3.37. The third-order valence-corrected chi connectivity index (χ3v) is 12.3. The topological polar surface area (TPSA) is 164 Å². The van der Waals surface area contributed by atoms with Crippen molar-refractivity contribution in [3.63, 3.8) is 0 Å². The van der Waals surface area contributed by atoms with Crippen LogP contribution in [-0.2, 0) is 25.6 Å². The number of nitrogens with one attached hydrogen (secondary N) is 1. The van der Waals surface area contributed by atoms with Gasteiger partial charge in [-0.05, 0) is 49.6 Å². The van der Waals surface area contributed by atoms with E-state index in [4.69, 9.17) is 10.5 Å². The fraction of sp³-hybridized carbons (Fsp3) is 0.480. The van der Waals surface area contributed by atoms with Crippen molar-refractivity contribution in [1.29, 1.82) is 0 Å². The number of guanidine groups is 1. The molecule has 0 bridgehead atoms. The van der Waals surface area contributed by atoms with E-state index < -0.39 is 48.6 Å². The van der Waals surface area contributed by atoms with Crippen molar-refractivity contribution < 1.29 is 30.8 Å². The number of pyridine rings is 1. The van der Waals surface area contributed by atoms with E-state index in [1.165, 1.54) is 45.5 Å². The van der Waals surface area contributed by atoms with Crippen molar-refractivity contribution >= 4 is 37.6 Å². The molecular formula is C25H33FN6O6S2. The molecule has 4 rings (SSSR count). The minimum absolute atomic E-state index is 0.0697. The van der Waals surface area contributed by atoms with E-state index in [-0.39, 0.29) is 47.5 Å². The molecule has 0 unspecified atom stereocenters. The van der Waals surface area contributed by atoms with Gasteiger partial charge >= 0.3 is 0 Å². The van der Waals surface area contributed by atoms with E-state index in [1.807, 2.05) is 0 Å². The van der Waals surface area contributed by atoms with Gasteiger partial charge in [0.2, 0.25) is 26.0 Å². The van der Waals surface area contributed by atoms with Gasteiger partial charge in [-0.15, -0.1) is 0 Å². The molecule has 15 heteroatoms. The first kappa shape index (κ1) is 29.7. The van der Waals surface area contributed by atoms with Crippen LogP contribution in [0.1, 0.15) is 43.2 Å². The van der Waals surface area contributed by atoms with E-state index in [2.05, 4.69) is 15.3 Å². The van der Waals surface area contributed by atoms with E-state index in [0.717, 1.165) is 14.7 Å². The first-order valence-electron chi connectivity index (χ1n) is 12.5. The van der Waals surface area contributed by atoms with Gasteiger partial charge in [0.05, 0.1) is 19.1 Å². The standard InChI is InChI=1S/C25H33FN6O6S2/c1-16(2)14-39(34,35)32-11-10-25(15-32)24(3,30-23(27)31(4)40(25,36)37)19-12-17(6-8-20(19)26)29-22(33)21-9-7-18(38-5)13-28-21/h6-9,12-13,16H,10-11,14-15H2,1-5H3,(H2,27,30)(H,29,33)/t24-,25+/m1/s1. The zero-order chi connectivity index (χ0) is 29.7. The number of aliphatic imine (C=N–C) groups is 1. The van der Waals surface area contributed by atoms with Gasteiger partial charge in [-0.1, -0.05) is 13.8 Å². The Balaban J connectivity index is 1.80. The number of hydrogen-bond acceptors (Lipinski definition) is 9. The molecular weight excluding hydrogens is 563 g/mol.